The molecule has 0 amide bonds. The molecule has 18 heavy (non-hydrogen) atoms. The summed E-state index contributed by atoms with van der Waals surface area (Å²) in [7, 11) is 0. The molecule has 1 atom stereocenters. The Hall–Kier alpha value is -1.51. The van der Waals surface area contributed by atoms with E-state index in [-0.39, 0.29) is 18.4 Å². The predicted octanol–water partition coefficient (Wildman–Crippen LogP) is 3.71. The maximum atomic E-state index is 5.90. The zero-order valence-electron chi connectivity index (χ0n) is 10.4. The lowest BCUT2D eigenvalue weighted by atomic mass is 10.1. The average molecular weight is 264 g/mol. The second-order valence-corrected chi connectivity index (χ2v) is 4.10. The van der Waals surface area contributed by atoms with Gasteiger partial charge in [0.2, 0.25) is 0 Å². The van der Waals surface area contributed by atoms with Crippen LogP contribution in [0, 0.1) is 0 Å². The Kier molecular flexibility index (Phi) is 5.69. The summed E-state index contributed by atoms with van der Waals surface area (Å²) in [5.41, 5.74) is 8.11. The maximum absolute atomic E-state index is 5.90. The molecule has 0 aromatic heterocycles. The first-order valence-electron chi connectivity index (χ1n) is 5.78. The fraction of sp³-hybridized carbons (Fsp3) is 0.200. The van der Waals surface area contributed by atoms with Crippen molar-refractivity contribution in [1.29, 1.82) is 0 Å². The number of rotatable bonds is 4. The van der Waals surface area contributed by atoms with Gasteiger partial charge in [-0.25, -0.2) is 0 Å². The van der Waals surface area contributed by atoms with Gasteiger partial charge in [0, 0.05) is 11.6 Å². The van der Waals surface area contributed by atoms with Crippen molar-refractivity contribution < 1.29 is 4.74 Å². The molecule has 2 aromatic carbocycles. The number of halogens is 1. The smallest absolute Gasteiger partial charge is 0.124 e. The molecule has 96 valence electrons. The van der Waals surface area contributed by atoms with Crippen molar-refractivity contribution in [3.63, 3.8) is 0 Å². The van der Waals surface area contributed by atoms with Gasteiger partial charge < -0.3 is 10.5 Å². The molecule has 0 aliphatic carbocycles. The molecule has 0 unspecified atom stereocenters. The first-order valence-corrected chi connectivity index (χ1v) is 5.78. The summed E-state index contributed by atoms with van der Waals surface area (Å²) in [5.74, 6) is 0.867. The van der Waals surface area contributed by atoms with Crippen molar-refractivity contribution in [3.05, 3.63) is 65.7 Å². The molecule has 2 aromatic rings. The summed E-state index contributed by atoms with van der Waals surface area (Å²) in [5, 5.41) is 0. The van der Waals surface area contributed by atoms with E-state index in [9.17, 15) is 0 Å². The molecule has 0 bridgehead atoms. The zero-order valence-corrected chi connectivity index (χ0v) is 11.2. The Labute approximate surface area is 114 Å². The summed E-state index contributed by atoms with van der Waals surface area (Å²) in [6.45, 7) is 2.54. The van der Waals surface area contributed by atoms with Crippen LogP contribution in [-0.4, -0.2) is 0 Å². The summed E-state index contributed by atoms with van der Waals surface area (Å²) >= 11 is 0. The van der Waals surface area contributed by atoms with E-state index in [4.69, 9.17) is 10.5 Å². The van der Waals surface area contributed by atoms with Crippen LogP contribution in [0.15, 0.2) is 54.6 Å². The minimum absolute atomic E-state index is 0. The molecule has 0 spiro atoms. The van der Waals surface area contributed by atoms with Crippen LogP contribution in [0.2, 0.25) is 0 Å². The first kappa shape index (κ1) is 14.6. The molecule has 0 aliphatic rings. The Morgan fingerprint density at radius 3 is 2.28 bits per heavy atom. The average Bonchev–Trinajstić information content (AvgIpc) is 2.38. The standard InChI is InChI=1S/C15H17NO.ClH/c1-12(16)14-9-5-6-10-15(14)17-11-13-7-3-2-4-8-13;/h2-10,12H,11,16H2,1H3;1H/t12-;/m1./s1. The van der Waals surface area contributed by atoms with Gasteiger partial charge in [-0.05, 0) is 18.6 Å². The van der Waals surface area contributed by atoms with Gasteiger partial charge in [0.15, 0.2) is 0 Å². The second kappa shape index (κ2) is 7.04. The molecular weight excluding hydrogens is 246 g/mol. The Bertz CT molecular complexity index is 471. The van der Waals surface area contributed by atoms with E-state index in [0.29, 0.717) is 6.61 Å². The van der Waals surface area contributed by atoms with Gasteiger partial charge in [-0.3, -0.25) is 0 Å². The molecule has 0 saturated carbocycles. The van der Waals surface area contributed by atoms with Gasteiger partial charge in [0.1, 0.15) is 12.4 Å². The van der Waals surface area contributed by atoms with Crippen molar-refractivity contribution in [2.45, 2.75) is 19.6 Å². The van der Waals surface area contributed by atoms with E-state index in [1.54, 1.807) is 0 Å². The number of nitrogens with two attached hydrogens (primary N) is 1. The van der Waals surface area contributed by atoms with Gasteiger partial charge >= 0.3 is 0 Å². The molecule has 2 N–H and O–H groups in total. The van der Waals surface area contributed by atoms with E-state index in [0.717, 1.165) is 16.9 Å². The predicted molar refractivity (Wildman–Crippen MR) is 77.1 cm³/mol. The monoisotopic (exact) mass is 263 g/mol. The maximum Gasteiger partial charge on any atom is 0.124 e. The Morgan fingerprint density at radius 2 is 1.61 bits per heavy atom. The highest BCUT2D eigenvalue weighted by Gasteiger charge is 2.06. The van der Waals surface area contributed by atoms with Gasteiger partial charge in [-0.15, -0.1) is 12.4 Å². The molecule has 0 fully saturated rings. The highest BCUT2D eigenvalue weighted by atomic mass is 35.5. The van der Waals surface area contributed by atoms with E-state index < -0.39 is 0 Å². The minimum atomic E-state index is -0.0121. The largest absolute Gasteiger partial charge is 0.489 e. The van der Waals surface area contributed by atoms with Crippen molar-refractivity contribution in [3.8, 4) is 5.75 Å². The lowest BCUT2D eigenvalue weighted by Crippen LogP contribution is -2.07. The third-order valence-corrected chi connectivity index (χ3v) is 2.65. The van der Waals surface area contributed by atoms with Crippen molar-refractivity contribution in [1.82, 2.24) is 0 Å². The quantitative estimate of drug-likeness (QED) is 0.913. The van der Waals surface area contributed by atoms with Gasteiger partial charge in [0.05, 0.1) is 0 Å². The SMILES string of the molecule is C[C@@H](N)c1ccccc1OCc1ccccc1.Cl. The number of hydrogen-bond acceptors (Lipinski definition) is 2. The molecule has 2 nitrogen and oxygen atoms in total. The van der Waals surface area contributed by atoms with E-state index in [1.165, 1.54) is 0 Å². The third-order valence-electron chi connectivity index (χ3n) is 2.65. The van der Waals surface area contributed by atoms with Crippen LogP contribution < -0.4 is 10.5 Å². The topological polar surface area (TPSA) is 35.2 Å². The third kappa shape index (κ3) is 3.76. The van der Waals surface area contributed by atoms with Crippen LogP contribution in [0.3, 0.4) is 0 Å². The van der Waals surface area contributed by atoms with E-state index in [1.807, 2.05) is 49.4 Å². The highest BCUT2D eigenvalue weighted by molar-refractivity contribution is 5.85. The van der Waals surface area contributed by atoms with Crippen molar-refractivity contribution in [2.75, 3.05) is 0 Å². The van der Waals surface area contributed by atoms with Crippen molar-refractivity contribution in [2.24, 2.45) is 5.73 Å². The van der Waals surface area contributed by atoms with Crippen LogP contribution in [0.1, 0.15) is 24.1 Å². The molecule has 0 aliphatic heterocycles. The minimum Gasteiger partial charge on any atom is -0.489 e. The van der Waals surface area contributed by atoms with Gasteiger partial charge in [-0.1, -0.05) is 48.5 Å². The molecule has 2 rings (SSSR count). The lowest BCUT2D eigenvalue weighted by Gasteiger charge is -2.13. The summed E-state index contributed by atoms with van der Waals surface area (Å²) in [6, 6.07) is 18.0. The van der Waals surface area contributed by atoms with Crippen LogP contribution in [-0.2, 0) is 6.61 Å². The number of benzene rings is 2. The summed E-state index contributed by atoms with van der Waals surface area (Å²) in [6.07, 6.45) is 0. The summed E-state index contributed by atoms with van der Waals surface area (Å²) < 4.78 is 5.80. The molecule has 0 saturated heterocycles. The Morgan fingerprint density at radius 1 is 1.00 bits per heavy atom. The van der Waals surface area contributed by atoms with Crippen molar-refractivity contribution >= 4 is 12.4 Å². The van der Waals surface area contributed by atoms with Gasteiger partial charge in [-0.2, -0.15) is 0 Å². The fourth-order valence-corrected chi connectivity index (χ4v) is 1.72. The number of ether oxygens (including phenoxy) is 1. The first-order chi connectivity index (χ1) is 8.27. The fourth-order valence-electron chi connectivity index (χ4n) is 1.72. The molecular formula is C15H18ClNO. The van der Waals surface area contributed by atoms with E-state index >= 15 is 0 Å². The van der Waals surface area contributed by atoms with E-state index in [2.05, 4.69) is 12.1 Å². The second-order valence-electron chi connectivity index (χ2n) is 4.10. The van der Waals surface area contributed by atoms with Crippen LogP contribution in [0.25, 0.3) is 0 Å². The molecule has 0 heterocycles. The Balaban J connectivity index is 0.00000162. The van der Waals surface area contributed by atoms with Crippen LogP contribution in [0.4, 0.5) is 0 Å². The molecule has 0 radical (unpaired) electrons. The van der Waals surface area contributed by atoms with Crippen LogP contribution in [0.5, 0.6) is 5.75 Å². The lowest BCUT2D eigenvalue weighted by molar-refractivity contribution is 0.301. The summed E-state index contributed by atoms with van der Waals surface area (Å²) in [4.78, 5) is 0. The molecule has 3 heteroatoms. The van der Waals surface area contributed by atoms with Gasteiger partial charge in [0.25, 0.3) is 0 Å². The number of para-hydroxylation sites is 1. The van der Waals surface area contributed by atoms with Crippen LogP contribution >= 0.6 is 12.4 Å². The normalized spacial score (nSPS) is 11.4. The number of hydrogen-bond donors (Lipinski definition) is 1. The zero-order chi connectivity index (χ0) is 12.1. The highest BCUT2D eigenvalue weighted by Crippen LogP contribution is 2.23.